The molecule has 5 nitrogen and oxygen atoms in total. The van der Waals surface area contributed by atoms with Gasteiger partial charge in [-0.15, -0.1) is 0 Å². The Morgan fingerprint density at radius 1 is 1.50 bits per heavy atom. The van der Waals surface area contributed by atoms with Crippen LogP contribution in [0.4, 0.5) is 0 Å². The molecular weight excluding hydrogens is 208 g/mol. The van der Waals surface area contributed by atoms with Gasteiger partial charge in [0.15, 0.2) is 6.04 Å². The molecule has 1 aliphatic carbocycles. The van der Waals surface area contributed by atoms with Gasteiger partial charge in [-0.1, -0.05) is 13.3 Å². The number of amides is 1. The molecule has 0 aromatic carbocycles. The zero-order valence-electron chi connectivity index (χ0n) is 9.91. The minimum atomic E-state index is -1.20. The first-order valence-corrected chi connectivity index (χ1v) is 5.68. The highest BCUT2D eigenvalue weighted by Gasteiger charge is 2.33. The number of nitrogens with two attached hydrogens (primary N) is 1. The fraction of sp³-hybridized carbons (Fsp3) is 0.818. The number of carbonyl (C=O) groups is 2. The summed E-state index contributed by atoms with van der Waals surface area (Å²) in [5, 5.41) is 2.70. The lowest BCUT2D eigenvalue weighted by atomic mass is 9.70. The topological polar surface area (TPSA) is 81.4 Å². The van der Waals surface area contributed by atoms with Gasteiger partial charge in [0.05, 0.1) is 6.61 Å². The maximum absolute atomic E-state index is 11.5. The summed E-state index contributed by atoms with van der Waals surface area (Å²) in [5.41, 5.74) is 5.63. The number of rotatable bonds is 5. The van der Waals surface area contributed by atoms with Crippen molar-refractivity contribution in [3.8, 4) is 0 Å². The van der Waals surface area contributed by atoms with Crippen LogP contribution in [-0.2, 0) is 14.3 Å². The first kappa shape index (κ1) is 13.0. The molecule has 0 heterocycles. The van der Waals surface area contributed by atoms with Crippen LogP contribution in [0.3, 0.4) is 0 Å². The van der Waals surface area contributed by atoms with Crippen molar-refractivity contribution in [1.82, 2.24) is 5.32 Å². The second-order valence-electron chi connectivity index (χ2n) is 4.61. The van der Waals surface area contributed by atoms with Gasteiger partial charge in [0.1, 0.15) is 0 Å². The maximum atomic E-state index is 11.5. The Bertz CT molecular complexity index is 274. The molecule has 1 fully saturated rings. The van der Waals surface area contributed by atoms with Gasteiger partial charge in [0.25, 0.3) is 0 Å². The number of esters is 1. The molecule has 3 N–H and O–H groups in total. The van der Waals surface area contributed by atoms with Gasteiger partial charge >= 0.3 is 5.97 Å². The molecule has 1 aliphatic rings. The molecular formula is C11H20N2O3. The summed E-state index contributed by atoms with van der Waals surface area (Å²) in [5.74, 6) is -1.12. The highest BCUT2D eigenvalue weighted by molar-refractivity contribution is 6.01. The van der Waals surface area contributed by atoms with E-state index in [2.05, 4.69) is 17.0 Å². The zero-order chi connectivity index (χ0) is 12.2. The normalized spacial score (nSPS) is 19.4. The van der Waals surface area contributed by atoms with Crippen molar-refractivity contribution >= 4 is 11.9 Å². The van der Waals surface area contributed by atoms with Crippen LogP contribution in [-0.4, -0.2) is 31.1 Å². The van der Waals surface area contributed by atoms with Crippen LogP contribution in [0, 0.1) is 5.41 Å². The second kappa shape index (κ2) is 5.30. The molecule has 1 rings (SSSR count). The highest BCUT2D eigenvalue weighted by atomic mass is 16.5. The lowest BCUT2D eigenvalue weighted by Crippen LogP contribution is -2.50. The van der Waals surface area contributed by atoms with E-state index in [-0.39, 0.29) is 12.0 Å². The molecule has 0 aromatic heterocycles. The Labute approximate surface area is 95.7 Å². The number of hydrogen-bond donors (Lipinski definition) is 2. The summed E-state index contributed by atoms with van der Waals surface area (Å²) in [7, 11) is 0. The minimum Gasteiger partial charge on any atom is -0.464 e. The summed E-state index contributed by atoms with van der Waals surface area (Å²) in [4.78, 5) is 22.7. The third-order valence-electron chi connectivity index (χ3n) is 3.07. The summed E-state index contributed by atoms with van der Waals surface area (Å²) >= 11 is 0. The summed E-state index contributed by atoms with van der Waals surface area (Å²) in [6.07, 6.45) is 3.43. The SMILES string of the molecule is CCOC(=O)C(N)C(=O)NCC1(C)CCC1. The van der Waals surface area contributed by atoms with Crippen LogP contribution in [0.5, 0.6) is 0 Å². The molecule has 0 aromatic rings. The number of nitrogens with one attached hydrogen (secondary N) is 1. The smallest absolute Gasteiger partial charge is 0.332 e. The van der Waals surface area contributed by atoms with Crippen LogP contribution in [0.25, 0.3) is 0 Å². The molecule has 0 bridgehead atoms. The highest BCUT2D eigenvalue weighted by Crippen LogP contribution is 2.39. The molecule has 1 atom stereocenters. The van der Waals surface area contributed by atoms with Crippen LogP contribution in [0.15, 0.2) is 0 Å². The zero-order valence-corrected chi connectivity index (χ0v) is 9.91. The molecule has 1 saturated carbocycles. The average molecular weight is 228 g/mol. The van der Waals surface area contributed by atoms with Gasteiger partial charge in [-0.2, -0.15) is 0 Å². The molecule has 0 saturated heterocycles. The predicted molar refractivity (Wildman–Crippen MR) is 59.6 cm³/mol. The van der Waals surface area contributed by atoms with Crippen molar-refractivity contribution in [2.24, 2.45) is 11.1 Å². The first-order valence-electron chi connectivity index (χ1n) is 5.68. The monoisotopic (exact) mass is 228 g/mol. The van der Waals surface area contributed by atoms with E-state index in [0.717, 1.165) is 12.8 Å². The Morgan fingerprint density at radius 2 is 2.12 bits per heavy atom. The van der Waals surface area contributed by atoms with Crippen molar-refractivity contribution in [2.75, 3.05) is 13.2 Å². The molecule has 1 amide bonds. The Morgan fingerprint density at radius 3 is 2.56 bits per heavy atom. The molecule has 16 heavy (non-hydrogen) atoms. The van der Waals surface area contributed by atoms with E-state index in [9.17, 15) is 9.59 Å². The molecule has 92 valence electrons. The van der Waals surface area contributed by atoms with Crippen LogP contribution < -0.4 is 11.1 Å². The fourth-order valence-corrected chi connectivity index (χ4v) is 1.71. The van der Waals surface area contributed by atoms with Gasteiger partial charge in [-0.05, 0) is 25.2 Å². The van der Waals surface area contributed by atoms with E-state index in [4.69, 9.17) is 5.73 Å². The van der Waals surface area contributed by atoms with Crippen molar-refractivity contribution < 1.29 is 14.3 Å². The molecule has 0 radical (unpaired) electrons. The van der Waals surface area contributed by atoms with E-state index >= 15 is 0 Å². The Kier molecular flexibility index (Phi) is 4.29. The lowest BCUT2D eigenvalue weighted by molar-refractivity contribution is -0.148. The standard InChI is InChI=1S/C11H20N2O3/c1-3-16-10(15)8(12)9(14)13-7-11(2)5-4-6-11/h8H,3-7,12H2,1-2H3,(H,13,14). The third-order valence-corrected chi connectivity index (χ3v) is 3.07. The maximum Gasteiger partial charge on any atom is 0.332 e. The number of carbonyl (C=O) groups excluding carboxylic acids is 2. The Hall–Kier alpha value is -1.10. The van der Waals surface area contributed by atoms with Crippen molar-refractivity contribution in [3.05, 3.63) is 0 Å². The van der Waals surface area contributed by atoms with Crippen molar-refractivity contribution in [1.29, 1.82) is 0 Å². The number of ether oxygens (including phenoxy) is 1. The quantitative estimate of drug-likeness (QED) is 0.519. The summed E-state index contributed by atoms with van der Waals surface area (Å²) in [6.45, 7) is 4.61. The summed E-state index contributed by atoms with van der Waals surface area (Å²) < 4.78 is 4.67. The van der Waals surface area contributed by atoms with Gasteiger partial charge in [0.2, 0.25) is 5.91 Å². The molecule has 5 heteroatoms. The van der Waals surface area contributed by atoms with E-state index in [0.29, 0.717) is 6.54 Å². The van der Waals surface area contributed by atoms with Gasteiger partial charge in [0, 0.05) is 6.54 Å². The van der Waals surface area contributed by atoms with Crippen LogP contribution in [0.1, 0.15) is 33.1 Å². The third kappa shape index (κ3) is 3.20. The van der Waals surface area contributed by atoms with Crippen molar-refractivity contribution in [3.63, 3.8) is 0 Å². The van der Waals surface area contributed by atoms with E-state index < -0.39 is 17.9 Å². The summed E-state index contributed by atoms with van der Waals surface area (Å²) in [6, 6.07) is -1.20. The first-order chi connectivity index (χ1) is 7.48. The minimum absolute atomic E-state index is 0.185. The van der Waals surface area contributed by atoms with Gasteiger partial charge in [-0.3, -0.25) is 4.79 Å². The second-order valence-corrected chi connectivity index (χ2v) is 4.61. The molecule has 0 spiro atoms. The van der Waals surface area contributed by atoms with Crippen molar-refractivity contribution in [2.45, 2.75) is 39.2 Å². The fourth-order valence-electron chi connectivity index (χ4n) is 1.71. The van der Waals surface area contributed by atoms with E-state index in [1.54, 1.807) is 6.92 Å². The lowest BCUT2D eigenvalue weighted by Gasteiger charge is -2.38. The van der Waals surface area contributed by atoms with Crippen LogP contribution in [0.2, 0.25) is 0 Å². The molecule has 0 aliphatic heterocycles. The van der Waals surface area contributed by atoms with Gasteiger partial charge in [-0.25, -0.2) is 4.79 Å². The molecule has 1 unspecified atom stereocenters. The Balaban J connectivity index is 2.31. The average Bonchev–Trinajstić information content (AvgIpc) is 2.22. The van der Waals surface area contributed by atoms with Gasteiger partial charge < -0.3 is 15.8 Å². The van der Waals surface area contributed by atoms with E-state index in [1.165, 1.54) is 6.42 Å². The van der Waals surface area contributed by atoms with E-state index in [1.807, 2.05) is 0 Å². The largest absolute Gasteiger partial charge is 0.464 e. The van der Waals surface area contributed by atoms with Crippen LogP contribution >= 0.6 is 0 Å². The number of hydrogen-bond acceptors (Lipinski definition) is 4. The predicted octanol–water partition coefficient (Wildman–Crippen LogP) is 0.183.